The number of rotatable bonds is 5. The summed E-state index contributed by atoms with van der Waals surface area (Å²) in [4.78, 5) is 20.5. The lowest BCUT2D eigenvalue weighted by atomic mass is 10.2. The second-order valence-electron chi connectivity index (χ2n) is 4.68. The quantitative estimate of drug-likeness (QED) is 0.827. The number of anilines is 2. The van der Waals surface area contributed by atoms with Crippen molar-refractivity contribution in [1.82, 2.24) is 15.3 Å². The molecule has 0 bridgehead atoms. The van der Waals surface area contributed by atoms with Gasteiger partial charge in [0, 0.05) is 29.2 Å². The molecule has 2 rings (SSSR count). The standard InChI is InChI=1S/C16H18N4O/c1-4-8-17-15(21)13-6-5-7-14(10-13)20-16-18-11(2)9-12(3)19-16/h4-7,9-10H,1,8H2,2-3H3,(H,17,21)(H,18,19,20). The number of amides is 1. The predicted molar refractivity (Wildman–Crippen MR) is 83.8 cm³/mol. The molecule has 21 heavy (non-hydrogen) atoms. The second-order valence-corrected chi connectivity index (χ2v) is 4.68. The number of nitrogens with one attached hydrogen (secondary N) is 2. The number of hydrogen-bond acceptors (Lipinski definition) is 4. The van der Waals surface area contributed by atoms with Gasteiger partial charge in [-0.25, -0.2) is 9.97 Å². The van der Waals surface area contributed by atoms with E-state index in [1.54, 1.807) is 18.2 Å². The average Bonchev–Trinajstić information content (AvgIpc) is 2.44. The van der Waals surface area contributed by atoms with Crippen LogP contribution in [-0.2, 0) is 0 Å². The Kier molecular flexibility index (Phi) is 4.66. The van der Waals surface area contributed by atoms with Gasteiger partial charge in [0.2, 0.25) is 5.95 Å². The summed E-state index contributed by atoms with van der Waals surface area (Å²) in [5.74, 6) is 0.385. The van der Waals surface area contributed by atoms with Gasteiger partial charge in [0.15, 0.2) is 0 Å². The zero-order chi connectivity index (χ0) is 15.2. The van der Waals surface area contributed by atoms with Crippen LogP contribution in [0.2, 0.25) is 0 Å². The highest BCUT2D eigenvalue weighted by atomic mass is 16.1. The van der Waals surface area contributed by atoms with Crippen LogP contribution >= 0.6 is 0 Å². The van der Waals surface area contributed by atoms with E-state index in [-0.39, 0.29) is 5.91 Å². The van der Waals surface area contributed by atoms with Gasteiger partial charge in [-0.15, -0.1) is 6.58 Å². The molecule has 0 saturated heterocycles. The van der Waals surface area contributed by atoms with Gasteiger partial charge in [-0.05, 0) is 38.1 Å². The molecule has 0 unspecified atom stereocenters. The van der Waals surface area contributed by atoms with Crippen molar-refractivity contribution < 1.29 is 4.79 Å². The Morgan fingerprint density at radius 1 is 1.24 bits per heavy atom. The van der Waals surface area contributed by atoms with Gasteiger partial charge >= 0.3 is 0 Å². The highest BCUT2D eigenvalue weighted by molar-refractivity contribution is 5.95. The van der Waals surface area contributed by atoms with E-state index in [9.17, 15) is 4.79 Å². The molecule has 0 aliphatic rings. The Labute approximate surface area is 124 Å². The average molecular weight is 282 g/mol. The van der Waals surface area contributed by atoms with Gasteiger partial charge in [0.05, 0.1) is 0 Å². The third kappa shape index (κ3) is 4.14. The third-order valence-corrected chi connectivity index (χ3v) is 2.77. The monoisotopic (exact) mass is 282 g/mol. The second kappa shape index (κ2) is 6.65. The Morgan fingerprint density at radius 3 is 2.62 bits per heavy atom. The molecule has 0 radical (unpaired) electrons. The summed E-state index contributed by atoms with van der Waals surface area (Å²) in [6.45, 7) is 7.85. The molecule has 0 saturated carbocycles. The van der Waals surface area contributed by atoms with E-state index in [2.05, 4.69) is 27.2 Å². The molecule has 0 fully saturated rings. The lowest BCUT2D eigenvalue weighted by molar-refractivity contribution is 0.0958. The molecular formula is C16H18N4O. The number of carbonyl (C=O) groups excluding carboxylic acids is 1. The van der Waals surface area contributed by atoms with Gasteiger partial charge in [0.1, 0.15) is 0 Å². The molecule has 0 atom stereocenters. The summed E-state index contributed by atoms with van der Waals surface area (Å²) >= 11 is 0. The van der Waals surface area contributed by atoms with Gasteiger partial charge in [-0.1, -0.05) is 12.1 Å². The van der Waals surface area contributed by atoms with Gasteiger partial charge in [0.25, 0.3) is 5.91 Å². The fraction of sp³-hybridized carbons (Fsp3) is 0.188. The first-order chi connectivity index (χ1) is 10.1. The Hall–Kier alpha value is -2.69. The maximum atomic E-state index is 11.9. The number of aryl methyl sites for hydroxylation is 2. The first kappa shape index (κ1) is 14.7. The number of nitrogens with zero attached hydrogens (tertiary/aromatic N) is 2. The lowest BCUT2D eigenvalue weighted by Gasteiger charge is -2.08. The Morgan fingerprint density at radius 2 is 1.95 bits per heavy atom. The maximum absolute atomic E-state index is 11.9. The van der Waals surface area contributed by atoms with Crippen LogP contribution in [0.1, 0.15) is 21.7 Å². The molecule has 0 aliphatic carbocycles. The maximum Gasteiger partial charge on any atom is 0.251 e. The van der Waals surface area contributed by atoms with E-state index in [4.69, 9.17) is 0 Å². The summed E-state index contributed by atoms with van der Waals surface area (Å²) < 4.78 is 0. The Balaban J connectivity index is 2.17. The van der Waals surface area contributed by atoms with Crippen molar-refractivity contribution in [2.24, 2.45) is 0 Å². The summed E-state index contributed by atoms with van der Waals surface area (Å²) in [7, 11) is 0. The topological polar surface area (TPSA) is 66.9 Å². The Bertz CT molecular complexity index is 647. The largest absolute Gasteiger partial charge is 0.349 e. The molecule has 0 spiro atoms. The van der Waals surface area contributed by atoms with Crippen molar-refractivity contribution in [2.75, 3.05) is 11.9 Å². The zero-order valence-electron chi connectivity index (χ0n) is 12.2. The lowest BCUT2D eigenvalue weighted by Crippen LogP contribution is -2.23. The normalized spacial score (nSPS) is 10.0. The van der Waals surface area contributed by atoms with E-state index in [0.717, 1.165) is 17.1 Å². The molecule has 5 nitrogen and oxygen atoms in total. The summed E-state index contributed by atoms with van der Waals surface area (Å²) in [6, 6.07) is 9.11. The number of benzene rings is 1. The van der Waals surface area contributed by atoms with Crippen LogP contribution in [0.25, 0.3) is 0 Å². The van der Waals surface area contributed by atoms with Crippen molar-refractivity contribution in [3.05, 3.63) is 59.9 Å². The first-order valence-corrected chi connectivity index (χ1v) is 6.67. The predicted octanol–water partition coefficient (Wildman–Crippen LogP) is 2.75. The molecule has 2 N–H and O–H groups in total. The minimum absolute atomic E-state index is 0.139. The van der Waals surface area contributed by atoms with Crippen LogP contribution in [-0.4, -0.2) is 22.4 Å². The highest BCUT2D eigenvalue weighted by Gasteiger charge is 2.06. The van der Waals surface area contributed by atoms with Crippen molar-refractivity contribution in [2.45, 2.75) is 13.8 Å². The fourth-order valence-corrected chi connectivity index (χ4v) is 1.92. The van der Waals surface area contributed by atoms with E-state index in [1.165, 1.54) is 0 Å². The van der Waals surface area contributed by atoms with E-state index in [0.29, 0.717) is 18.1 Å². The van der Waals surface area contributed by atoms with Crippen molar-refractivity contribution in [1.29, 1.82) is 0 Å². The minimum atomic E-state index is -0.139. The fourth-order valence-electron chi connectivity index (χ4n) is 1.92. The molecule has 1 amide bonds. The third-order valence-electron chi connectivity index (χ3n) is 2.77. The van der Waals surface area contributed by atoms with Crippen LogP contribution in [0.5, 0.6) is 0 Å². The number of aromatic nitrogens is 2. The van der Waals surface area contributed by atoms with E-state index < -0.39 is 0 Å². The van der Waals surface area contributed by atoms with E-state index in [1.807, 2.05) is 32.0 Å². The van der Waals surface area contributed by atoms with Gasteiger partial charge < -0.3 is 10.6 Å². The molecule has 108 valence electrons. The number of hydrogen-bond donors (Lipinski definition) is 2. The molecule has 5 heteroatoms. The smallest absolute Gasteiger partial charge is 0.251 e. The van der Waals surface area contributed by atoms with Crippen LogP contribution in [0.4, 0.5) is 11.6 Å². The van der Waals surface area contributed by atoms with E-state index >= 15 is 0 Å². The summed E-state index contributed by atoms with van der Waals surface area (Å²) in [5, 5.41) is 5.86. The van der Waals surface area contributed by atoms with Crippen LogP contribution in [0.15, 0.2) is 43.0 Å². The van der Waals surface area contributed by atoms with Crippen molar-refractivity contribution in [3.8, 4) is 0 Å². The summed E-state index contributed by atoms with van der Waals surface area (Å²) in [5.41, 5.74) is 3.13. The van der Waals surface area contributed by atoms with Gasteiger partial charge in [-0.3, -0.25) is 4.79 Å². The van der Waals surface area contributed by atoms with Crippen LogP contribution < -0.4 is 10.6 Å². The molecule has 1 aromatic heterocycles. The van der Waals surface area contributed by atoms with Crippen LogP contribution in [0, 0.1) is 13.8 Å². The molecular weight excluding hydrogens is 264 g/mol. The molecule has 2 aromatic rings. The highest BCUT2D eigenvalue weighted by Crippen LogP contribution is 2.15. The van der Waals surface area contributed by atoms with Gasteiger partial charge in [-0.2, -0.15) is 0 Å². The van der Waals surface area contributed by atoms with Crippen molar-refractivity contribution >= 4 is 17.5 Å². The minimum Gasteiger partial charge on any atom is -0.349 e. The SMILES string of the molecule is C=CCNC(=O)c1cccc(Nc2nc(C)cc(C)n2)c1. The van der Waals surface area contributed by atoms with Crippen molar-refractivity contribution in [3.63, 3.8) is 0 Å². The molecule has 1 aromatic carbocycles. The summed E-state index contributed by atoms with van der Waals surface area (Å²) in [6.07, 6.45) is 1.64. The zero-order valence-corrected chi connectivity index (χ0v) is 12.2. The number of carbonyl (C=O) groups is 1. The van der Waals surface area contributed by atoms with Crippen LogP contribution in [0.3, 0.4) is 0 Å². The molecule has 1 heterocycles. The first-order valence-electron chi connectivity index (χ1n) is 6.67. The molecule has 0 aliphatic heterocycles.